The van der Waals surface area contributed by atoms with Gasteiger partial charge < -0.3 is 10.6 Å². The summed E-state index contributed by atoms with van der Waals surface area (Å²) < 4.78 is 0. The van der Waals surface area contributed by atoms with E-state index in [9.17, 15) is 0 Å². The molecule has 2 atom stereocenters. The zero-order chi connectivity index (χ0) is 5.98. The first-order valence-corrected chi connectivity index (χ1v) is 3.18. The lowest BCUT2D eigenvalue weighted by Gasteiger charge is -2.36. The summed E-state index contributed by atoms with van der Waals surface area (Å²) >= 11 is 0. The van der Waals surface area contributed by atoms with E-state index in [0.29, 0.717) is 12.1 Å². The summed E-state index contributed by atoms with van der Waals surface area (Å²) in [4.78, 5) is 0. The zero-order valence-electron chi connectivity index (χ0n) is 5.52. The highest BCUT2D eigenvalue weighted by Crippen LogP contribution is 2.02. The van der Waals surface area contributed by atoms with Crippen LogP contribution >= 0.6 is 0 Å². The summed E-state index contributed by atoms with van der Waals surface area (Å²) in [5.41, 5.74) is 0. The lowest BCUT2D eigenvalue weighted by Crippen LogP contribution is -2.43. The Balaban J connectivity index is 2.23. The third-order valence-electron chi connectivity index (χ3n) is 1.37. The van der Waals surface area contributed by atoms with Gasteiger partial charge in [0.1, 0.15) is 0 Å². The van der Waals surface area contributed by atoms with Crippen molar-refractivity contribution in [3.8, 4) is 0 Å². The Bertz CT molecular complexity index is 64.9. The van der Waals surface area contributed by atoms with Gasteiger partial charge >= 0.3 is 0 Å². The average Bonchev–Trinajstić information content (AvgIpc) is 1.64. The minimum absolute atomic E-state index is 0.596. The van der Waals surface area contributed by atoms with Crippen LogP contribution in [0.5, 0.6) is 0 Å². The van der Waals surface area contributed by atoms with Crippen molar-refractivity contribution >= 4 is 0 Å². The maximum absolute atomic E-state index is 4.28. The molecule has 1 fully saturated rings. The predicted octanol–water partition coefficient (Wildman–Crippen LogP) is 0.740. The van der Waals surface area contributed by atoms with Crippen molar-refractivity contribution in [2.75, 3.05) is 13.1 Å². The molecule has 0 aromatic heterocycles. The monoisotopic (exact) mass is 113 g/mol. The molecular formula is C6H13N2-. The maximum atomic E-state index is 4.28. The van der Waals surface area contributed by atoms with Crippen molar-refractivity contribution in [1.82, 2.24) is 5.32 Å². The zero-order valence-corrected chi connectivity index (χ0v) is 5.52. The Labute approximate surface area is 50.7 Å². The van der Waals surface area contributed by atoms with Crippen LogP contribution in [0, 0.1) is 0 Å². The third-order valence-corrected chi connectivity index (χ3v) is 1.37. The number of hydrogen-bond acceptors (Lipinski definition) is 1. The van der Waals surface area contributed by atoms with Crippen LogP contribution in [0.15, 0.2) is 0 Å². The molecule has 1 aliphatic heterocycles. The van der Waals surface area contributed by atoms with Crippen LogP contribution < -0.4 is 5.32 Å². The molecule has 0 aliphatic carbocycles. The Morgan fingerprint density at radius 3 is 2.00 bits per heavy atom. The highest BCUT2D eigenvalue weighted by molar-refractivity contribution is 4.95. The first-order chi connectivity index (χ1) is 3.79. The molecule has 1 N–H and O–H groups in total. The number of nitrogens with zero attached hydrogens (tertiary/aromatic N) is 1. The van der Waals surface area contributed by atoms with Crippen LogP contribution in [0.25, 0.3) is 5.32 Å². The summed E-state index contributed by atoms with van der Waals surface area (Å²) in [5.74, 6) is 0. The van der Waals surface area contributed by atoms with E-state index in [-0.39, 0.29) is 0 Å². The van der Waals surface area contributed by atoms with Gasteiger partial charge in [-0.05, 0) is 12.1 Å². The normalized spacial score (nSPS) is 39.8. The van der Waals surface area contributed by atoms with E-state index in [2.05, 4.69) is 24.5 Å². The minimum atomic E-state index is 0.596. The molecule has 1 aliphatic rings. The molecule has 2 nitrogen and oxygen atoms in total. The Morgan fingerprint density at radius 1 is 1.25 bits per heavy atom. The van der Waals surface area contributed by atoms with Gasteiger partial charge in [-0.15, -0.1) is 13.1 Å². The van der Waals surface area contributed by atoms with E-state index in [1.165, 1.54) is 0 Å². The number of hydrogen-bond donors (Lipinski definition) is 1. The second-order valence-corrected chi connectivity index (χ2v) is 2.56. The van der Waals surface area contributed by atoms with Crippen LogP contribution in [0.1, 0.15) is 13.8 Å². The molecule has 1 heterocycles. The smallest absolute Gasteiger partial charge is 0.0148 e. The van der Waals surface area contributed by atoms with Gasteiger partial charge in [-0.25, -0.2) is 0 Å². The molecule has 0 saturated carbocycles. The van der Waals surface area contributed by atoms with Gasteiger partial charge in [-0.2, -0.15) is 0 Å². The van der Waals surface area contributed by atoms with Gasteiger partial charge in [-0.1, -0.05) is 13.8 Å². The van der Waals surface area contributed by atoms with Crippen LogP contribution in [-0.4, -0.2) is 25.2 Å². The average molecular weight is 113 g/mol. The minimum Gasteiger partial charge on any atom is -0.660 e. The van der Waals surface area contributed by atoms with Gasteiger partial charge in [-0.3, -0.25) is 0 Å². The quantitative estimate of drug-likeness (QED) is 0.492. The van der Waals surface area contributed by atoms with E-state index in [1.807, 2.05) is 0 Å². The second-order valence-electron chi connectivity index (χ2n) is 2.56. The first kappa shape index (κ1) is 6.05. The van der Waals surface area contributed by atoms with Crippen molar-refractivity contribution in [2.24, 2.45) is 0 Å². The molecule has 0 radical (unpaired) electrons. The molecule has 0 aromatic rings. The molecule has 1 saturated heterocycles. The highest BCUT2D eigenvalue weighted by atomic mass is 15.1. The summed E-state index contributed by atoms with van der Waals surface area (Å²) in [7, 11) is 0. The summed E-state index contributed by atoms with van der Waals surface area (Å²) in [6.07, 6.45) is 0. The fourth-order valence-electron chi connectivity index (χ4n) is 1.05. The van der Waals surface area contributed by atoms with Gasteiger partial charge in [0.05, 0.1) is 0 Å². The SMILES string of the molecule is CC1C[N-]CC(C)N1. The lowest BCUT2D eigenvalue weighted by atomic mass is 10.2. The third kappa shape index (κ3) is 1.46. The van der Waals surface area contributed by atoms with Gasteiger partial charge in [0.25, 0.3) is 0 Å². The molecule has 1 rings (SSSR count). The highest BCUT2D eigenvalue weighted by Gasteiger charge is 2.03. The van der Waals surface area contributed by atoms with Gasteiger partial charge in [0.2, 0.25) is 0 Å². The molecule has 48 valence electrons. The molecule has 0 spiro atoms. The largest absolute Gasteiger partial charge is 0.660 e. The van der Waals surface area contributed by atoms with E-state index in [4.69, 9.17) is 0 Å². The van der Waals surface area contributed by atoms with Crippen molar-refractivity contribution in [3.63, 3.8) is 0 Å². The summed E-state index contributed by atoms with van der Waals surface area (Å²) in [6.45, 7) is 6.31. The van der Waals surface area contributed by atoms with Crippen molar-refractivity contribution < 1.29 is 0 Å². The molecule has 0 bridgehead atoms. The van der Waals surface area contributed by atoms with E-state index in [0.717, 1.165) is 13.1 Å². The van der Waals surface area contributed by atoms with Gasteiger partial charge in [0, 0.05) is 0 Å². The van der Waals surface area contributed by atoms with E-state index in [1.54, 1.807) is 0 Å². The van der Waals surface area contributed by atoms with Crippen molar-refractivity contribution in [2.45, 2.75) is 25.9 Å². The second kappa shape index (κ2) is 2.46. The molecule has 0 amide bonds. The molecular weight excluding hydrogens is 100 g/mol. The lowest BCUT2D eigenvalue weighted by molar-refractivity contribution is 0.457. The van der Waals surface area contributed by atoms with E-state index >= 15 is 0 Å². The van der Waals surface area contributed by atoms with Crippen molar-refractivity contribution in [1.29, 1.82) is 0 Å². The number of rotatable bonds is 0. The summed E-state index contributed by atoms with van der Waals surface area (Å²) in [5, 5.41) is 7.66. The van der Waals surface area contributed by atoms with Crippen LogP contribution in [0.3, 0.4) is 0 Å². The van der Waals surface area contributed by atoms with Crippen LogP contribution in [0.4, 0.5) is 0 Å². The van der Waals surface area contributed by atoms with Crippen molar-refractivity contribution in [3.05, 3.63) is 5.32 Å². The fraction of sp³-hybridized carbons (Fsp3) is 1.00. The Hall–Kier alpha value is -0.0800. The van der Waals surface area contributed by atoms with Crippen LogP contribution in [-0.2, 0) is 0 Å². The molecule has 2 unspecified atom stereocenters. The Morgan fingerprint density at radius 2 is 1.75 bits per heavy atom. The first-order valence-electron chi connectivity index (χ1n) is 3.18. The topological polar surface area (TPSA) is 26.1 Å². The number of piperazine rings is 1. The van der Waals surface area contributed by atoms with E-state index < -0.39 is 0 Å². The number of nitrogens with one attached hydrogen (secondary N) is 1. The predicted molar refractivity (Wildman–Crippen MR) is 35.2 cm³/mol. The van der Waals surface area contributed by atoms with Crippen LogP contribution in [0.2, 0.25) is 0 Å². The van der Waals surface area contributed by atoms with Gasteiger partial charge in [0.15, 0.2) is 0 Å². The molecule has 0 aromatic carbocycles. The molecule has 8 heavy (non-hydrogen) atoms. The Kier molecular flexibility index (Phi) is 1.86. The fourth-order valence-corrected chi connectivity index (χ4v) is 1.05. The summed E-state index contributed by atoms with van der Waals surface area (Å²) in [6, 6.07) is 1.19. The maximum Gasteiger partial charge on any atom is -0.0148 e. The standard InChI is InChI=1S/C6H13N2/c1-5-3-7-4-6(2)8-5/h5-6,8H,3-4H2,1-2H3/q-1. The molecule has 2 heteroatoms.